The third-order valence-electron chi connectivity index (χ3n) is 3.45. The number of nitrogen functional groups attached to an aromatic ring is 1. The van der Waals surface area contributed by atoms with Crippen molar-refractivity contribution < 1.29 is 18.3 Å². The van der Waals surface area contributed by atoms with Gasteiger partial charge in [0.25, 0.3) is 0 Å². The number of aromatic nitrogens is 2. The fraction of sp³-hybridized carbons (Fsp3) is 0.750. The van der Waals surface area contributed by atoms with Gasteiger partial charge in [0.1, 0.15) is 4.90 Å². The van der Waals surface area contributed by atoms with Gasteiger partial charge in [-0.2, -0.15) is 9.40 Å². The van der Waals surface area contributed by atoms with Crippen LogP contribution in [0.4, 0.5) is 5.82 Å². The van der Waals surface area contributed by atoms with Crippen molar-refractivity contribution in [3.63, 3.8) is 0 Å². The second-order valence-corrected chi connectivity index (χ2v) is 7.06. The summed E-state index contributed by atoms with van der Waals surface area (Å²) in [6, 6.07) is -0.313. The Morgan fingerprint density at radius 2 is 2.29 bits per heavy atom. The van der Waals surface area contributed by atoms with Gasteiger partial charge in [-0.15, -0.1) is 0 Å². The number of hydrogen-bond acceptors (Lipinski definition) is 6. The molecule has 0 saturated carbocycles. The van der Waals surface area contributed by atoms with Crippen LogP contribution in [0.25, 0.3) is 0 Å². The van der Waals surface area contributed by atoms with Gasteiger partial charge in [-0.05, 0) is 13.3 Å². The average Bonchev–Trinajstić information content (AvgIpc) is 2.81. The Kier molecular flexibility index (Phi) is 4.87. The first kappa shape index (κ1) is 16.2. The molecule has 21 heavy (non-hydrogen) atoms. The number of aliphatic hydroxyl groups excluding tert-OH is 1. The van der Waals surface area contributed by atoms with Crippen LogP contribution >= 0.6 is 0 Å². The highest BCUT2D eigenvalue weighted by Gasteiger charge is 2.37. The van der Waals surface area contributed by atoms with E-state index < -0.39 is 16.1 Å². The van der Waals surface area contributed by atoms with Crippen LogP contribution < -0.4 is 5.73 Å². The predicted octanol–water partition coefficient (Wildman–Crippen LogP) is -0.354. The fourth-order valence-electron chi connectivity index (χ4n) is 2.32. The lowest BCUT2D eigenvalue weighted by molar-refractivity contribution is -0.0516. The zero-order valence-electron chi connectivity index (χ0n) is 12.3. The van der Waals surface area contributed by atoms with Crippen LogP contribution in [0.3, 0.4) is 0 Å². The molecule has 1 aliphatic heterocycles. The maximum absolute atomic E-state index is 12.8. The monoisotopic (exact) mass is 318 g/mol. The molecule has 3 N–H and O–H groups in total. The molecular weight excluding hydrogens is 296 g/mol. The molecule has 0 spiro atoms. The van der Waals surface area contributed by atoms with Crippen molar-refractivity contribution >= 4 is 15.8 Å². The third kappa shape index (κ3) is 3.20. The Morgan fingerprint density at radius 1 is 1.57 bits per heavy atom. The molecule has 0 amide bonds. The van der Waals surface area contributed by atoms with Crippen molar-refractivity contribution in [1.29, 1.82) is 0 Å². The summed E-state index contributed by atoms with van der Waals surface area (Å²) in [5.41, 5.74) is 5.76. The van der Waals surface area contributed by atoms with Gasteiger partial charge in [-0.1, -0.05) is 6.92 Å². The van der Waals surface area contributed by atoms with Crippen LogP contribution in [-0.4, -0.2) is 59.5 Å². The number of morpholine rings is 1. The Labute approximate surface area is 124 Å². The highest BCUT2D eigenvalue weighted by atomic mass is 32.2. The molecule has 1 aromatic heterocycles. The molecular formula is C12H22N4O4S. The van der Waals surface area contributed by atoms with Crippen LogP contribution in [0, 0.1) is 0 Å². The van der Waals surface area contributed by atoms with Gasteiger partial charge in [0, 0.05) is 25.3 Å². The minimum atomic E-state index is -3.75. The summed E-state index contributed by atoms with van der Waals surface area (Å²) >= 11 is 0. The van der Waals surface area contributed by atoms with Gasteiger partial charge in [0.15, 0.2) is 5.82 Å². The van der Waals surface area contributed by atoms with Crippen LogP contribution in [0.15, 0.2) is 11.1 Å². The summed E-state index contributed by atoms with van der Waals surface area (Å²) in [4.78, 5) is 0.0152. The second-order valence-electron chi connectivity index (χ2n) is 5.20. The molecule has 1 saturated heterocycles. The molecule has 2 unspecified atom stereocenters. The Morgan fingerprint density at radius 3 is 2.90 bits per heavy atom. The number of nitrogens with two attached hydrogens (primary N) is 1. The summed E-state index contributed by atoms with van der Waals surface area (Å²) in [6.45, 7) is 4.48. The van der Waals surface area contributed by atoms with Crippen molar-refractivity contribution in [2.45, 2.75) is 43.9 Å². The molecule has 1 aromatic rings. The number of hydrogen-bond donors (Lipinski definition) is 2. The molecule has 0 bridgehead atoms. The van der Waals surface area contributed by atoms with E-state index in [-0.39, 0.29) is 36.5 Å². The number of aryl methyl sites for hydroxylation is 1. The zero-order chi connectivity index (χ0) is 15.6. The number of sulfonamides is 1. The fourth-order valence-corrected chi connectivity index (χ4v) is 4.03. The van der Waals surface area contributed by atoms with Crippen molar-refractivity contribution in [3.8, 4) is 0 Å². The molecule has 2 atom stereocenters. The second kappa shape index (κ2) is 6.30. The first-order chi connectivity index (χ1) is 9.90. The molecule has 0 radical (unpaired) electrons. The van der Waals surface area contributed by atoms with Gasteiger partial charge in [0.05, 0.1) is 19.3 Å². The molecule has 1 aliphatic rings. The largest absolute Gasteiger partial charge is 0.394 e. The van der Waals surface area contributed by atoms with E-state index in [1.807, 2.05) is 6.92 Å². The number of nitrogens with zero attached hydrogens (tertiary/aromatic N) is 3. The van der Waals surface area contributed by atoms with Crippen LogP contribution in [0.2, 0.25) is 0 Å². The SMILES string of the molecule is CCCn1cc(S(=O)(=O)N2CC(CO)OCC2C)c(N)n1. The lowest BCUT2D eigenvalue weighted by Gasteiger charge is -2.36. The lowest BCUT2D eigenvalue weighted by atomic mass is 10.2. The van der Waals surface area contributed by atoms with Gasteiger partial charge in [0.2, 0.25) is 10.0 Å². The van der Waals surface area contributed by atoms with E-state index in [1.54, 1.807) is 6.92 Å². The highest BCUT2D eigenvalue weighted by Crippen LogP contribution is 2.25. The molecule has 2 heterocycles. The normalized spacial score (nSPS) is 24.3. The van der Waals surface area contributed by atoms with Crippen LogP contribution in [0.1, 0.15) is 20.3 Å². The van der Waals surface area contributed by atoms with E-state index in [4.69, 9.17) is 10.5 Å². The van der Waals surface area contributed by atoms with E-state index >= 15 is 0 Å². The van der Waals surface area contributed by atoms with Crippen LogP contribution in [-0.2, 0) is 21.3 Å². The summed E-state index contributed by atoms with van der Waals surface area (Å²) in [5, 5.41) is 13.2. The number of anilines is 1. The predicted molar refractivity (Wildman–Crippen MR) is 77.1 cm³/mol. The first-order valence-electron chi connectivity index (χ1n) is 6.97. The molecule has 0 aliphatic carbocycles. The van der Waals surface area contributed by atoms with Crippen molar-refractivity contribution in [2.24, 2.45) is 0 Å². The van der Waals surface area contributed by atoms with Crippen molar-refractivity contribution in [2.75, 3.05) is 25.5 Å². The van der Waals surface area contributed by atoms with Gasteiger partial charge >= 0.3 is 0 Å². The Bertz CT molecular complexity index is 586. The summed E-state index contributed by atoms with van der Waals surface area (Å²) in [6.07, 6.45) is 1.79. The number of ether oxygens (including phenoxy) is 1. The van der Waals surface area contributed by atoms with Crippen LogP contribution in [0.5, 0.6) is 0 Å². The number of aliphatic hydroxyl groups is 1. The molecule has 8 nitrogen and oxygen atoms in total. The topological polar surface area (TPSA) is 111 Å². The van der Waals surface area contributed by atoms with E-state index in [9.17, 15) is 13.5 Å². The zero-order valence-corrected chi connectivity index (χ0v) is 13.1. The van der Waals surface area contributed by atoms with Gasteiger partial charge < -0.3 is 15.6 Å². The van der Waals surface area contributed by atoms with Gasteiger partial charge in [-0.3, -0.25) is 4.68 Å². The third-order valence-corrected chi connectivity index (χ3v) is 5.44. The van der Waals surface area contributed by atoms with E-state index in [0.29, 0.717) is 6.54 Å². The lowest BCUT2D eigenvalue weighted by Crippen LogP contribution is -2.51. The molecule has 1 fully saturated rings. The smallest absolute Gasteiger partial charge is 0.248 e. The Balaban J connectivity index is 2.32. The maximum Gasteiger partial charge on any atom is 0.248 e. The van der Waals surface area contributed by atoms with E-state index in [2.05, 4.69) is 5.10 Å². The minimum Gasteiger partial charge on any atom is -0.394 e. The molecule has 0 aromatic carbocycles. The molecule has 2 rings (SSSR count). The summed E-state index contributed by atoms with van der Waals surface area (Å²) in [7, 11) is -3.75. The quantitative estimate of drug-likeness (QED) is 0.767. The highest BCUT2D eigenvalue weighted by molar-refractivity contribution is 7.89. The maximum atomic E-state index is 12.8. The summed E-state index contributed by atoms with van der Waals surface area (Å²) in [5.74, 6) is 0.00249. The van der Waals surface area contributed by atoms with Gasteiger partial charge in [-0.25, -0.2) is 8.42 Å². The summed E-state index contributed by atoms with van der Waals surface area (Å²) < 4.78 is 33.7. The van der Waals surface area contributed by atoms with Crippen molar-refractivity contribution in [3.05, 3.63) is 6.20 Å². The Hall–Kier alpha value is -1.16. The first-order valence-corrected chi connectivity index (χ1v) is 8.41. The minimum absolute atomic E-state index is 0.00249. The average molecular weight is 318 g/mol. The molecule has 9 heteroatoms. The molecule has 120 valence electrons. The number of rotatable bonds is 5. The van der Waals surface area contributed by atoms with E-state index in [0.717, 1.165) is 6.42 Å². The van der Waals surface area contributed by atoms with Crippen molar-refractivity contribution in [1.82, 2.24) is 14.1 Å². The standard InChI is InChI=1S/C12H22N4O4S/c1-3-4-15-6-11(12(13)14-15)21(18,19)16-5-10(7-17)20-8-9(16)2/h6,9-10,17H,3-5,7-8H2,1-2H3,(H2,13,14). The van der Waals surface area contributed by atoms with E-state index in [1.165, 1.54) is 15.2 Å².